The number of halogens is 2. The second-order valence-corrected chi connectivity index (χ2v) is 4.72. The Kier molecular flexibility index (Phi) is 3.84. The summed E-state index contributed by atoms with van der Waals surface area (Å²) >= 11 is 1.65. The Bertz CT molecular complexity index is 648. The van der Waals surface area contributed by atoms with Crippen molar-refractivity contribution >= 4 is 28.3 Å². The summed E-state index contributed by atoms with van der Waals surface area (Å²) in [6, 6.07) is 7.95. The molecule has 0 saturated heterocycles. The third-order valence-electron chi connectivity index (χ3n) is 2.28. The second kappa shape index (κ2) is 5.39. The Labute approximate surface area is 120 Å². The standard InChI is InChI=1S/C12H7FINO4/c13-7-5-12(9(15(17)18)6-8(7)14)19-11-4-2-1-3-10(11)16/h1-6,16H. The van der Waals surface area contributed by atoms with Crippen LogP contribution in [0.2, 0.25) is 0 Å². The third kappa shape index (κ3) is 2.92. The maximum Gasteiger partial charge on any atom is 0.312 e. The van der Waals surface area contributed by atoms with Crippen molar-refractivity contribution < 1.29 is 19.2 Å². The van der Waals surface area contributed by atoms with E-state index in [0.29, 0.717) is 0 Å². The number of nitrogens with zero attached hydrogens (tertiary/aromatic N) is 1. The van der Waals surface area contributed by atoms with E-state index in [1.807, 2.05) is 0 Å². The van der Waals surface area contributed by atoms with Crippen LogP contribution in [0.1, 0.15) is 0 Å². The molecular weight excluding hydrogens is 368 g/mol. The lowest BCUT2D eigenvalue weighted by atomic mass is 10.2. The predicted molar refractivity (Wildman–Crippen MR) is 74.0 cm³/mol. The van der Waals surface area contributed by atoms with Gasteiger partial charge in [-0.25, -0.2) is 4.39 Å². The summed E-state index contributed by atoms with van der Waals surface area (Å²) in [6.45, 7) is 0. The van der Waals surface area contributed by atoms with Crippen molar-refractivity contribution in [1.82, 2.24) is 0 Å². The lowest BCUT2D eigenvalue weighted by molar-refractivity contribution is -0.385. The van der Waals surface area contributed by atoms with Crippen LogP contribution in [0.4, 0.5) is 10.1 Å². The molecule has 98 valence electrons. The minimum absolute atomic E-state index is 0.0196. The van der Waals surface area contributed by atoms with Gasteiger partial charge in [0.2, 0.25) is 5.75 Å². The number of nitro groups is 1. The van der Waals surface area contributed by atoms with Crippen molar-refractivity contribution in [2.75, 3.05) is 0 Å². The normalized spacial score (nSPS) is 10.2. The van der Waals surface area contributed by atoms with Gasteiger partial charge in [0.1, 0.15) is 5.82 Å². The fourth-order valence-electron chi connectivity index (χ4n) is 1.40. The van der Waals surface area contributed by atoms with Crippen molar-refractivity contribution in [3.05, 3.63) is 55.9 Å². The molecule has 2 aromatic rings. The first-order chi connectivity index (χ1) is 8.99. The Morgan fingerprint density at radius 3 is 2.58 bits per heavy atom. The van der Waals surface area contributed by atoms with Crippen LogP contribution in [0, 0.1) is 19.5 Å². The maximum absolute atomic E-state index is 13.5. The fraction of sp³-hybridized carbons (Fsp3) is 0. The number of aromatic hydroxyl groups is 1. The Hall–Kier alpha value is -1.90. The van der Waals surface area contributed by atoms with E-state index in [1.54, 1.807) is 34.7 Å². The van der Waals surface area contributed by atoms with E-state index in [0.717, 1.165) is 12.1 Å². The van der Waals surface area contributed by atoms with Gasteiger partial charge in [0.15, 0.2) is 11.5 Å². The quantitative estimate of drug-likeness (QED) is 0.503. The van der Waals surface area contributed by atoms with E-state index in [1.165, 1.54) is 12.1 Å². The number of para-hydroxylation sites is 2. The van der Waals surface area contributed by atoms with Gasteiger partial charge in [-0.3, -0.25) is 10.1 Å². The molecule has 0 amide bonds. The number of phenols is 1. The molecule has 0 spiro atoms. The van der Waals surface area contributed by atoms with E-state index in [9.17, 15) is 19.6 Å². The molecule has 0 bridgehead atoms. The summed E-state index contributed by atoms with van der Waals surface area (Å²) in [6.07, 6.45) is 0. The molecule has 0 aromatic heterocycles. The number of hydrogen-bond acceptors (Lipinski definition) is 4. The van der Waals surface area contributed by atoms with E-state index in [4.69, 9.17) is 4.74 Å². The van der Waals surface area contributed by atoms with Crippen LogP contribution in [0.25, 0.3) is 0 Å². The zero-order valence-corrected chi connectivity index (χ0v) is 11.5. The van der Waals surface area contributed by atoms with Gasteiger partial charge in [-0.15, -0.1) is 0 Å². The van der Waals surface area contributed by atoms with Gasteiger partial charge < -0.3 is 9.84 Å². The molecule has 0 heterocycles. The first kappa shape index (κ1) is 13.5. The van der Waals surface area contributed by atoms with E-state index >= 15 is 0 Å². The lowest BCUT2D eigenvalue weighted by Crippen LogP contribution is -1.96. The van der Waals surface area contributed by atoms with Crippen LogP contribution in [0.15, 0.2) is 36.4 Å². The third-order valence-corrected chi connectivity index (χ3v) is 3.11. The van der Waals surface area contributed by atoms with Crippen LogP contribution in [-0.4, -0.2) is 10.0 Å². The molecule has 0 saturated carbocycles. The maximum atomic E-state index is 13.5. The van der Waals surface area contributed by atoms with Crippen molar-refractivity contribution in [2.45, 2.75) is 0 Å². The Morgan fingerprint density at radius 1 is 1.26 bits per heavy atom. The average Bonchev–Trinajstić information content (AvgIpc) is 2.36. The molecule has 7 heteroatoms. The highest BCUT2D eigenvalue weighted by molar-refractivity contribution is 14.1. The largest absolute Gasteiger partial charge is 0.504 e. The highest BCUT2D eigenvalue weighted by Gasteiger charge is 2.20. The Balaban J connectivity index is 2.48. The summed E-state index contributed by atoms with van der Waals surface area (Å²) in [7, 11) is 0. The minimum atomic E-state index is -0.670. The molecule has 0 atom stereocenters. The molecular formula is C12H7FINO4. The van der Waals surface area contributed by atoms with Crippen LogP contribution in [0.5, 0.6) is 17.2 Å². The molecule has 19 heavy (non-hydrogen) atoms. The Morgan fingerprint density at radius 2 is 1.95 bits per heavy atom. The number of ether oxygens (including phenoxy) is 1. The number of nitro benzene ring substituents is 1. The molecule has 0 radical (unpaired) electrons. The van der Waals surface area contributed by atoms with Crippen LogP contribution in [0.3, 0.4) is 0 Å². The van der Waals surface area contributed by atoms with Crippen LogP contribution < -0.4 is 4.74 Å². The fourth-order valence-corrected chi connectivity index (χ4v) is 1.86. The van der Waals surface area contributed by atoms with E-state index in [2.05, 4.69) is 0 Å². The molecule has 0 aliphatic carbocycles. The summed E-state index contributed by atoms with van der Waals surface area (Å²) in [4.78, 5) is 10.2. The molecule has 5 nitrogen and oxygen atoms in total. The van der Waals surface area contributed by atoms with Gasteiger partial charge in [-0.2, -0.15) is 0 Å². The van der Waals surface area contributed by atoms with Gasteiger partial charge in [-0.05, 0) is 34.7 Å². The topological polar surface area (TPSA) is 72.6 Å². The molecule has 2 aromatic carbocycles. The zero-order chi connectivity index (χ0) is 14.0. The first-order valence-electron chi connectivity index (χ1n) is 5.08. The highest BCUT2D eigenvalue weighted by atomic mass is 127. The van der Waals surface area contributed by atoms with Gasteiger partial charge >= 0.3 is 5.69 Å². The number of benzene rings is 2. The predicted octanol–water partition coefficient (Wildman–Crippen LogP) is 3.84. The van der Waals surface area contributed by atoms with Gasteiger partial charge in [0.05, 0.1) is 8.49 Å². The summed E-state index contributed by atoms with van der Waals surface area (Å²) in [5.41, 5.74) is -0.367. The molecule has 1 N–H and O–H groups in total. The molecule has 0 fully saturated rings. The smallest absolute Gasteiger partial charge is 0.312 e. The highest BCUT2D eigenvalue weighted by Crippen LogP contribution is 2.37. The van der Waals surface area contributed by atoms with Crippen molar-refractivity contribution in [3.63, 3.8) is 0 Å². The van der Waals surface area contributed by atoms with Crippen LogP contribution >= 0.6 is 22.6 Å². The summed E-state index contributed by atoms with van der Waals surface area (Å²) in [5, 5.41) is 20.4. The van der Waals surface area contributed by atoms with Gasteiger partial charge in [0, 0.05) is 12.1 Å². The summed E-state index contributed by atoms with van der Waals surface area (Å²) in [5.74, 6) is -1.05. The van der Waals surface area contributed by atoms with Crippen molar-refractivity contribution in [3.8, 4) is 17.2 Å². The van der Waals surface area contributed by atoms with E-state index < -0.39 is 10.7 Å². The molecule has 2 rings (SSSR count). The lowest BCUT2D eigenvalue weighted by Gasteiger charge is -2.08. The average molecular weight is 375 g/mol. The molecule has 0 unspecified atom stereocenters. The van der Waals surface area contributed by atoms with Crippen molar-refractivity contribution in [1.29, 1.82) is 0 Å². The molecule has 0 aliphatic heterocycles. The van der Waals surface area contributed by atoms with Gasteiger partial charge in [-0.1, -0.05) is 12.1 Å². The zero-order valence-electron chi connectivity index (χ0n) is 9.34. The number of rotatable bonds is 3. The minimum Gasteiger partial charge on any atom is -0.504 e. The van der Waals surface area contributed by atoms with E-state index in [-0.39, 0.29) is 26.5 Å². The summed E-state index contributed by atoms with van der Waals surface area (Å²) < 4.78 is 18.8. The van der Waals surface area contributed by atoms with Gasteiger partial charge in [0.25, 0.3) is 0 Å². The first-order valence-corrected chi connectivity index (χ1v) is 6.16. The monoisotopic (exact) mass is 375 g/mol. The van der Waals surface area contributed by atoms with Crippen LogP contribution in [-0.2, 0) is 0 Å². The SMILES string of the molecule is O=[N+]([O-])c1cc(I)c(F)cc1Oc1ccccc1O. The molecule has 0 aliphatic rings. The number of hydrogen-bond donors (Lipinski definition) is 1. The second-order valence-electron chi connectivity index (χ2n) is 3.56. The number of phenolic OH excluding ortho intramolecular Hbond substituents is 1. The van der Waals surface area contributed by atoms with Crippen molar-refractivity contribution in [2.24, 2.45) is 0 Å².